The largest absolute Gasteiger partial charge is 0.371 e. The molecule has 0 radical (unpaired) electrons. The van der Waals surface area contributed by atoms with Gasteiger partial charge < -0.3 is 10.6 Å². The minimum Gasteiger partial charge on any atom is -0.371 e. The second kappa shape index (κ2) is 6.70. The number of hydrogen-bond acceptors (Lipinski definition) is 6. The zero-order chi connectivity index (χ0) is 20.2. The summed E-state index contributed by atoms with van der Waals surface area (Å²) in [6.07, 6.45) is 0.265. The highest BCUT2D eigenvalue weighted by Gasteiger charge is 2.45. The molecule has 28 heavy (non-hydrogen) atoms. The lowest BCUT2D eigenvalue weighted by molar-refractivity contribution is -0.136. The maximum absolute atomic E-state index is 13.0. The number of amides is 4. The molecule has 3 aliphatic heterocycles. The molecule has 1 aromatic carbocycles. The Morgan fingerprint density at radius 1 is 1.00 bits per heavy atom. The molecule has 8 heteroatoms. The first kappa shape index (κ1) is 18.6. The Kier molecular flexibility index (Phi) is 4.45. The van der Waals surface area contributed by atoms with Crippen LogP contribution in [0, 0.1) is 11.8 Å². The normalized spacial score (nSPS) is 30.5. The molecule has 0 saturated carbocycles. The number of rotatable bonds is 2. The maximum Gasteiger partial charge on any atom is 0.262 e. The van der Waals surface area contributed by atoms with Crippen LogP contribution in [0.3, 0.4) is 0 Å². The van der Waals surface area contributed by atoms with Crippen LogP contribution in [0.2, 0.25) is 0 Å². The molecular formula is C20H24N4O4. The Balaban J connectivity index is 1.61. The van der Waals surface area contributed by atoms with E-state index in [9.17, 15) is 19.2 Å². The van der Waals surface area contributed by atoms with Crippen LogP contribution in [0.4, 0.5) is 5.69 Å². The van der Waals surface area contributed by atoms with Gasteiger partial charge in [0.15, 0.2) is 0 Å². The molecule has 0 spiro atoms. The van der Waals surface area contributed by atoms with Gasteiger partial charge in [-0.1, -0.05) is 13.8 Å². The number of fused-ring (bicyclic) bond motifs is 1. The van der Waals surface area contributed by atoms with Crippen molar-refractivity contribution in [2.45, 2.75) is 38.8 Å². The van der Waals surface area contributed by atoms with Crippen molar-refractivity contribution in [2.75, 3.05) is 18.0 Å². The van der Waals surface area contributed by atoms with Gasteiger partial charge in [0.1, 0.15) is 6.04 Å². The summed E-state index contributed by atoms with van der Waals surface area (Å²) in [4.78, 5) is 52.4. The van der Waals surface area contributed by atoms with Gasteiger partial charge in [-0.2, -0.15) is 0 Å². The zero-order valence-corrected chi connectivity index (χ0v) is 16.0. The Bertz CT molecular complexity index is 871. The van der Waals surface area contributed by atoms with Crippen molar-refractivity contribution < 1.29 is 19.2 Å². The summed E-state index contributed by atoms with van der Waals surface area (Å²) in [5.74, 6) is -1.32. The van der Waals surface area contributed by atoms with Crippen molar-refractivity contribution in [1.29, 1.82) is 0 Å². The quantitative estimate of drug-likeness (QED) is 0.719. The predicted octanol–water partition coefficient (Wildman–Crippen LogP) is 0.507. The van der Waals surface area contributed by atoms with Crippen LogP contribution in [-0.2, 0) is 9.59 Å². The molecule has 2 fully saturated rings. The molecule has 0 aromatic heterocycles. The fourth-order valence-corrected chi connectivity index (χ4v) is 4.44. The minimum absolute atomic E-state index is 0.110. The highest BCUT2D eigenvalue weighted by Crippen LogP contribution is 2.32. The molecule has 3 heterocycles. The van der Waals surface area contributed by atoms with E-state index in [2.05, 4.69) is 24.1 Å². The lowest BCUT2D eigenvalue weighted by Crippen LogP contribution is -2.54. The van der Waals surface area contributed by atoms with Gasteiger partial charge in [-0.3, -0.25) is 29.4 Å². The summed E-state index contributed by atoms with van der Waals surface area (Å²) >= 11 is 0. The monoisotopic (exact) mass is 384 g/mol. The van der Waals surface area contributed by atoms with Gasteiger partial charge in [0.05, 0.1) is 11.1 Å². The molecule has 148 valence electrons. The lowest BCUT2D eigenvalue weighted by Gasteiger charge is -2.41. The van der Waals surface area contributed by atoms with Crippen molar-refractivity contribution >= 4 is 29.3 Å². The molecule has 0 bridgehead atoms. The van der Waals surface area contributed by atoms with Crippen molar-refractivity contribution in [2.24, 2.45) is 17.6 Å². The minimum atomic E-state index is -0.943. The van der Waals surface area contributed by atoms with Crippen molar-refractivity contribution in [3.63, 3.8) is 0 Å². The molecule has 3 N–H and O–H groups in total. The Labute approximate surface area is 163 Å². The van der Waals surface area contributed by atoms with Crippen LogP contribution < -0.4 is 16.0 Å². The number of nitrogens with one attached hydrogen (secondary N) is 1. The molecular weight excluding hydrogens is 360 g/mol. The van der Waals surface area contributed by atoms with Gasteiger partial charge in [0, 0.05) is 31.2 Å². The Morgan fingerprint density at radius 3 is 2.29 bits per heavy atom. The standard InChI is InChI=1S/C20H24N4O4/c1-10-8-23(9-11(2)17(10)21)12-3-4-13-14(7-12)20(28)24(19(13)27)15-5-6-16(25)22-18(15)26/h3-4,7,10-11,15,17H,5-6,8-9,21H2,1-2H3,(H,22,25,26). The van der Waals surface area contributed by atoms with Gasteiger partial charge in [-0.25, -0.2) is 0 Å². The average molecular weight is 384 g/mol. The number of anilines is 1. The molecule has 1 aromatic rings. The average Bonchev–Trinajstić information content (AvgIpc) is 2.90. The number of nitrogens with two attached hydrogens (primary N) is 1. The first-order valence-corrected chi connectivity index (χ1v) is 9.64. The molecule has 2 saturated heterocycles. The number of hydrogen-bond donors (Lipinski definition) is 2. The van der Waals surface area contributed by atoms with Crippen molar-refractivity contribution in [3.05, 3.63) is 29.3 Å². The van der Waals surface area contributed by atoms with Crippen LogP contribution in [0.5, 0.6) is 0 Å². The summed E-state index contributed by atoms with van der Waals surface area (Å²) in [6.45, 7) is 5.78. The second-order valence-electron chi connectivity index (χ2n) is 8.11. The van der Waals surface area contributed by atoms with E-state index in [4.69, 9.17) is 5.73 Å². The lowest BCUT2D eigenvalue weighted by atomic mass is 9.86. The summed E-state index contributed by atoms with van der Waals surface area (Å²) in [5.41, 5.74) is 7.70. The zero-order valence-electron chi connectivity index (χ0n) is 16.0. The summed E-state index contributed by atoms with van der Waals surface area (Å²) < 4.78 is 0. The molecule has 0 aliphatic carbocycles. The van der Waals surface area contributed by atoms with E-state index in [-0.39, 0.29) is 24.8 Å². The number of carbonyl (C=O) groups is 4. The Morgan fingerprint density at radius 2 is 1.64 bits per heavy atom. The third-order valence-corrected chi connectivity index (χ3v) is 6.12. The number of carbonyl (C=O) groups excluding carboxylic acids is 4. The summed E-state index contributed by atoms with van der Waals surface area (Å²) in [7, 11) is 0. The fraction of sp³-hybridized carbons (Fsp3) is 0.500. The SMILES string of the molecule is CC1CN(c2ccc3c(c2)C(=O)N(C2CCC(=O)NC2=O)C3=O)CC(C)C1N. The first-order valence-electron chi connectivity index (χ1n) is 9.64. The highest BCUT2D eigenvalue weighted by atomic mass is 16.2. The molecule has 4 rings (SSSR count). The van der Waals surface area contributed by atoms with Crippen LogP contribution in [-0.4, -0.2) is 53.7 Å². The predicted molar refractivity (Wildman–Crippen MR) is 102 cm³/mol. The smallest absolute Gasteiger partial charge is 0.262 e. The molecule has 3 aliphatic rings. The van der Waals surface area contributed by atoms with Gasteiger partial charge >= 0.3 is 0 Å². The number of benzene rings is 1. The van der Waals surface area contributed by atoms with E-state index < -0.39 is 23.8 Å². The van der Waals surface area contributed by atoms with Crippen LogP contribution >= 0.6 is 0 Å². The summed E-state index contributed by atoms with van der Waals surface area (Å²) in [5, 5.41) is 2.21. The molecule has 4 amide bonds. The van der Waals surface area contributed by atoms with Crippen LogP contribution in [0.1, 0.15) is 47.4 Å². The summed E-state index contributed by atoms with van der Waals surface area (Å²) in [6, 6.07) is 4.42. The van der Waals surface area contributed by atoms with Crippen LogP contribution in [0.25, 0.3) is 0 Å². The van der Waals surface area contributed by atoms with Crippen LogP contribution in [0.15, 0.2) is 18.2 Å². The molecule has 3 atom stereocenters. The van der Waals surface area contributed by atoms with E-state index in [0.717, 1.165) is 23.7 Å². The van der Waals surface area contributed by atoms with E-state index in [1.54, 1.807) is 12.1 Å². The van der Waals surface area contributed by atoms with E-state index >= 15 is 0 Å². The first-order chi connectivity index (χ1) is 13.3. The van der Waals surface area contributed by atoms with Gasteiger partial charge in [-0.15, -0.1) is 0 Å². The third-order valence-electron chi connectivity index (χ3n) is 6.12. The number of nitrogens with zero attached hydrogens (tertiary/aromatic N) is 2. The maximum atomic E-state index is 13.0. The van der Waals surface area contributed by atoms with Gasteiger partial charge in [0.25, 0.3) is 11.8 Å². The highest BCUT2D eigenvalue weighted by molar-refractivity contribution is 6.23. The molecule has 8 nitrogen and oxygen atoms in total. The fourth-order valence-electron chi connectivity index (χ4n) is 4.44. The van der Waals surface area contributed by atoms with Gasteiger partial charge in [-0.05, 0) is 36.5 Å². The van der Waals surface area contributed by atoms with E-state index in [0.29, 0.717) is 23.0 Å². The van der Waals surface area contributed by atoms with E-state index in [1.807, 2.05) is 6.07 Å². The van der Waals surface area contributed by atoms with E-state index in [1.165, 1.54) is 0 Å². The van der Waals surface area contributed by atoms with Crippen molar-refractivity contribution in [3.8, 4) is 0 Å². The third kappa shape index (κ3) is 2.88. The van der Waals surface area contributed by atoms with Crippen molar-refractivity contribution in [1.82, 2.24) is 10.2 Å². The second-order valence-corrected chi connectivity index (χ2v) is 8.11. The van der Waals surface area contributed by atoms with Gasteiger partial charge in [0.2, 0.25) is 11.8 Å². The Hall–Kier alpha value is -2.74. The topological polar surface area (TPSA) is 113 Å². The molecule has 3 unspecified atom stereocenters. The number of piperidine rings is 2. The number of imide groups is 2.